The lowest BCUT2D eigenvalue weighted by Gasteiger charge is -2.12. The van der Waals surface area contributed by atoms with Crippen LogP contribution in [0, 0.1) is 0 Å². The van der Waals surface area contributed by atoms with Gasteiger partial charge in [0.15, 0.2) is 0 Å². The first kappa shape index (κ1) is 14.4. The smallest absolute Gasteiger partial charge is 0.405 e. The molecule has 0 bridgehead atoms. The van der Waals surface area contributed by atoms with E-state index < -0.39 is 26.1 Å². The Kier molecular flexibility index (Phi) is 3.84. The van der Waals surface area contributed by atoms with E-state index in [2.05, 4.69) is 20.7 Å². The van der Waals surface area contributed by atoms with Crippen LogP contribution < -0.4 is 10.5 Å². The molecule has 1 rings (SSSR count). The van der Waals surface area contributed by atoms with Gasteiger partial charge in [0, 0.05) is 16.7 Å². The van der Waals surface area contributed by atoms with Crippen LogP contribution in [0.1, 0.15) is 0 Å². The quantitative estimate of drug-likeness (QED) is 0.655. The fourth-order valence-electron chi connectivity index (χ4n) is 0.964. The maximum Gasteiger partial charge on any atom is 0.573 e. The Morgan fingerprint density at radius 1 is 1.35 bits per heavy atom. The molecule has 0 aliphatic heterocycles. The van der Waals surface area contributed by atoms with Crippen LogP contribution in [0.15, 0.2) is 21.5 Å². The van der Waals surface area contributed by atoms with Crippen LogP contribution >= 0.6 is 26.6 Å². The van der Waals surface area contributed by atoms with Crippen molar-refractivity contribution in [2.75, 3.05) is 5.73 Å². The second kappa shape index (κ2) is 4.54. The largest absolute Gasteiger partial charge is 0.573 e. The van der Waals surface area contributed by atoms with Crippen molar-refractivity contribution in [3.63, 3.8) is 0 Å². The third kappa shape index (κ3) is 3.93. The number of nitrogen functional groups attached to an aromatic ring is 1. The summed E-state index contributed by atoms with van der Waals surface area (Å²) in [6.45, 7) is 0. The number of ether oxygens (including phenoxy) is 1. The van der Waals surface area contributed by atoms with Crippen molar-refractivity contribution >= 4 is 41.4 Å². The number of anilines is 1. The zero-order valence-corrected chi connectivity index (χ0v) is 10.9. The minimum atomic E-state index is -4.95. The van der Waals surface area contributed by atoms with Crippen molar-refractivity contribution in [1.29, 1.82) is 0 Å². The Morgan fingerprint density at radius 2 is 1.88 bits per heavy atom. The summed E-state index contributed by atoms with van der Waals surface area (Å²) in [7, 11) is 0.750. The number of hydrogen-bond acceptors (Lipinski definition) is 4. The van der Waals surface area contributed by atoms with Crippen LogP contribution in [0.3, 0.4) is 0 Å². The van der Waals surface area contributed by atoms with Crippen LogP contribution in [-0.2, 0) is 9.05 Å². The molecule has 0 saturated heterocycles. The van der Waals surface area contributed by atoms with Gasteiger partial charge in [-0.05, 0) is 22.0 Å². The predicted molar refractivity (Wildman–Crippen MR) is 58.3 cm³/mol. The normalized spacial score (nSPS) is 12.5. The molecule has 0 aliphatic rings. The number of benzene rings is 1. The van der Waals surface area contributed by atoms with Crippen molar-refractivity contribution in [3.05, 3.63) is 16.6 Å². The lowest BCUT2D eigenvalue weighted by Crippen LogP contribution is -2.17. The SMILES string of the molecule is Nc1cc(Br)c(OC(F)(F)F)cc1S(=O)(=O)Cl. The van der Waals surface area contributed by atoms with Crippen LogP contribution in [-0.4, -0.2) is 14.8 Å². The number of halogens is 5. The van der Waals surface area contributed by atoms with Gasteiger partial charge in [0.1, 0.15) is 10.6 Å². The maximum atomic E-state index is 12.0. The standard InChI is InChI=1S/C7H4BrClF3NO3S/c8-3-1-4(13)6(17(9,14)15)2-5(3)16-7(10,11)12/h1-2H,13H2. The summed E-state index contributed by atoms with van der Waals surface area (Å²) in [4.78, 5) is -0.651. The molecule has 0 aromatic heterocycles. The first-order valence-corrected chi connectivity index (χ1v) is 6.90. The third-order valence-corrected chi connectivity index (χ3v) is 3.55. The zero-order chi connectivity index (χ0) is 13.4. The lowest BCUT2D eigenvalue weighted by atomic mass is 10.3. The third-order valence-electron chi connectivity index (χ3n) is 1.55. The molecule has 4 nitrogen and oxygen atoms in total. The average Bonchev–Trinajstić information content (AvgIpc) is 2.05. The molecule has 0 aliphatic carbocycles. The first-order valence-electron chi connectivity index (χ1n) is 3.80. The highest BCUT2D eigenvalue weighted by molar-refractivity contribution is 9.10. The maximum absolute atomic E-state index is 12.0. The van der Waals surface area contributed by atoms with Crippen molar-refractivity contribution in [1.82, 2.24) is 0 Å². The van der Waals surface area contributed by atoms with Gasteiger partial charge in [-0.1, -0.05) is 0 Å². The van der Waals surface area contributed by atoms with Crippen LogP contribution in [0.25, 0.3) is 0 Å². The number of alkyl halides is 3. The molecule has 0 heterocycles. The lowest BCUT2D eigenvalue weighted by molar-refractivity contribution is -0.275. The monoisotopic (exact) mass is 353 g/mol. The molecule has 0 saturated carbocycles. The van der Waals surface area contributed by atoms with E-state index in [1.165, 1.54) is 0 Å². The highest BCUT2D eigenvalue weighted by Gasteiger charge is 2.33. The minimum Gasteiger partial charge on any atom is -0.405 e. The molecule has 10 heteroatoms. The van der Waals surface area contributed by atoms with Gasteiger partial charge >= 0.3 is 6.36 Å². The predicted octanol–water partition coefficient (Wildman–Crippen LogP) is 2.86. The van der Waals surface area contributed by atoms with Gasteiger partial charge in [0.05, 0.1) is 10.2 Å². The fourth-order valence-corrected chi connectivity index (χ4v) is 2.40. The summed E-state index contributed by atoms with van der Waals surface area (Å²) in [6, 6.07) is 1.55. The number of hydrogen-bond donors (Lipinski definition) is 1. The van der Waals surface area contributed by atoms with Gasteiger partial charge in [-0.15, -0.1) is 13.2 Å². The molecular weight excluding hydrogens is 350 g/mol. The minimum absolute atomic E-state index is 0.142. The Labute approximate surface area is 107 Å². The van der Waals surface area contributed by atoms with Crippen molar-refractivity contribution < 1.29 is 26.3 Å². The number of nitrogens with two attached hydrogens (primary N) is 1. The summed E-state index contributed by atoms with van der Waals surface area (Å²) in [6.07, 6.45) is -4.95. The highest BCUT2D eigenvalue weighted by Crippen LogP contribution is 2.36. The summed E-state index contributed by atoms with van der Waals surface area (Å²) >= 11 is 2.76. The molecule has 96 valence electrons. The van der Waals surface area contributed by atoms with Gasteiger partial charge < -0.3 is 10.5 Å². The van der Waals surface area contributed by atoms with E-state index in [-0.39, 0.29) is 10.2 Å². The Hall–Kier alpha value is -0.670. The van der Waals surface area contributed by atoms with E-state index in [4.69, 9.17) is 16.4 Å². The molecule has 2 N–H and O–H groups in total. The van der Waals surface area contributed by atoms with Crippen molar-refractivity contribution in [2.24, 2.45) is 0 Å². The van der Waals surface area contributed by atoms with Crippen LogP contribution in [0.5, 0.6) is 5.75 Å². The van der Waals surface area contributed by atoms with Gasteiger partial charge in [0.25, 0.3) is 9.05 Å². The number of rotatable bonds is 2. The van der Waals surface area contributed by atoms with E-state index in [1.54, 1.807) is 0 Å². The van der Waals surface area contributed by atoms with Crippen molar-refractivity contribution in [3.8, 4) is 5.75 Å². The van der Waals surface area contributed by atoms with Crippen LogP contribution in [0.4, 0.5) is 18.9 Å². The Balaban J connectivity index is 3.35. The molecule has 17 heavy (non-hydrogen) atoms. The highest BCUT2D eigenvalue weighted by atomic mass is 79.9. The van der Waals surface area contributed by atoms with E-state index in [1.807, 2.05) is 0 Å². The summed E-state index contributed by atoms with van der Waals surface area (Å²) in [5.41, 5.74) is 5.02. The summed E-state index contributed by atoms with van der Waals surface area (Å²) in [5, 5.41) is 0. The fraction of sp³-hybridized carbons (Fsp3) is 0.143. The van der Waals surface area contributed by atoms with Crippen molar-refractivity contribution in [2.45, 2.75) is 11.3 Å². The molecule has 0 atom stereocenters. The molecule has 0 fully saturated rings. The summed E-state index contributed by atoms with van der Waals surface area (Å²) in [5.74, 6) is -0.745. The van der Waals surface area contributed by atoms with E-state index in [9.17, 15) is 21.6 Å². The molecule has 0 amide bonds. The van der Waals surface area contributed by atoms with Gasteiger partial charge in [-0.3, -0.25) is 0 Å². The van der Waals surface area contributed by atoms with E-state index in [0.29, 0.717) is 6.07 Å². The molecular formula is C7H4BrClF3NO3S. The zero-order valence-electron chi connectivity index (χ0n) is 7.75. The van der Waals surface area contributed by atoms with E-state index >= 15 is 0 Å². The van der Waals surface area contributed by atoms with Crippen LogP contribution in [0.2, 0.25) is 0 Å². The second-order valence-corrected chi connectivity index (χ2v) is 6.19. The molecule has 1 aromatic carbocycles. The van der Waals surface area contributed by atoms with Gasteiger partial charge in [-0.2, -0.15) is 0 Å². The molecule has 0 spiro atoms. The van der Waals surface area contributed by atoms with Gasteiger partial charge in [0.2, 0.25) is 0 Å². The second-order valence-electron chi connectivity index (χ2n) is 2.81. The first-order chi connectivity index (χ1) is 7.50. The Bertz CT molecular complexity index is 546. The molecule has 0 radical (unpaired) electrons. The van der Waals surface area contributed by atoms with E-state index in [0.717, 1.165) is 6.07 Å². The summed E-state index contributed by atoms with van der Waals surface area (Å²) < 4.78 is 61.5. The topological polar surface area (TPSA) is 69.4 Å². The Morgan fingerprint density at radius 3 is 2.29 bits per heavy atom. The van der Waals surface area contributed by atoms with Gasteiger partial charge in [-0.25, -0.2) is 8.42 Å². The molecule has 0 unspecified atom stereocenters. The molecule has 1 aromatic rings. The average molecular weight is 355 g/mol.